The third-order valence-electron chi connectivity index (χ3n) is 3.13. The molecule has 1 aliphatic rings. The molecule has 0 amide bonds. The predicted octanol–water partition coefficient (Wildman–Crippen LogP) is 3.92. The first-order valence-electron chi connectivity index (χ1n) is 5.76. The Morgan fingerprint density at radius 1 is 1.35 bits per heavy atom. The largest absolute Gasteiger partial charge is 0.256 e. The zero-order chi connectivity index (χ0) is 11.7. The van der Waals surface area contributed by atoms with Crippen LogP contribution >= 0.6 is 0 Å². The summed E-state index contributed by atoms with van der Waals surface area (Å²) in [6, 6.07) is 8.21. The number of hydrogen-bond acceptors (Lipinski definition) is 2. The minimum atomic E-state index is 0.403. The van der Waals surface area contributed by atoms with Crippen molar-refractivity contribution in [2.45, 2.75) is 25.3 Å². The Hall–Kier alpha value is -2.06. The topological polar surface area (TPSA) is 61.7 Å². The van der Waals surface area contributed by atoms with Crippen molar-refractivity contribution in [3.63, 3.8) is 0 Å². The van der Waals surface area contributed by atoms with Crippen molar-refractivity contribution < 1.29 is 0 Å². The average Bonchev–Trinajstić information content (AvgIpc) is 3.19. The molecular formula is C13H12N4. The van der Waals surface area contributed by atoms with Crippen LogP contribution in [0.15, 0.2) is 35.6 Å². The minimum Gasteiger partial charge on any atom is -0.256 e. The van der Waals surface area contributed by atoms with Gasteiger partial charge in [-0.3, -0.25) is 4.98 Å². The van der Waals surface area contributed by atoms with Gasteiger partial charge >= 0.3 is 0 Å². The van der Waals surface area contributed by atoms with E-state index < -0.39 is 0 Å². The van der Waals surface area contributed by atoms with Crippen LogP contribution in [0.25, 0.3) is 21.3 Å². The Morgan fingerprint density at radius 2 is 2.24 bits per heavy atom. The van der Waals surface area contributed by atoms with Crippen LogP contribution in [-0.4, -0.2) is 4.98 Å². The summed E-state index contributed by atoms with van der Waals surface area (Å²) in [6.07, 6.45) is 4.55. The Bertz CT molecular complexity index is 610. The molecule has 1 aromatic carbocycles. The second kappa shape index (κ2) is 4.07. The first-order valence-corrected chi connectivity index (χ1v) is 5.76. The fourth-order valence-corrected chi connectivity index (χ4v) is 2.05. The lowest BCUT2D eigenvalue weighted by Crippen LogP contribution is -1.87. The number of rotatable bonds is 3. The SMILES string of the molecule is [N-]=[N+]=NCc1ccc2ncc(C3CC3)cc2c1. The van der Waals surface area contributed by atoms with Crippen LogP contribution in [0, 0.1) is 0 Å². The number of benzene rings is 1. The van der Waals surface area contributed by atoms with E-state index in [1.165, 1.54) is 18.4 Å². The summed E-state index contributed by atoms with van der Waals surface area (Å²) < 4.78 is 0. The van der Waals surface area contributed by atoms with Gasteiger partial charge in [-0.2, -0.15) is 0 Å². The van der Waals surface area contributed by atoms with Gasteiger partial charge in [-0.25, -0.2) is 0 Å². The van der Waals surface area contributed by atoms with Gasteiger partial charge in [0.15, 0.2) is 0 Å². The second-order valence-corrected chi connectivity index (χ2v) is 4.46. The molecule has 1 fully saturated rings. The molecule has 0 atom stereocenters. The third kappa shape index (κ3) is 2.08. The molecule has 3 rings (SSSR count). The highest BCUT2D eigenvalue weighted by atomic mass is 15.1. The number of nitrogens with zero attached hydrogens (tertiary/aromatic N) is 4. The highest BCUT2D eigenvalue weighted by Gasteiger charge is 2.23. The molecule has 17 heavy (non-hydrogen) atoms. The summed E-state index contributed by atoms with van der Waals surface area (Å²) in [5.74, 6) is 0.715. The fraction of sp³-hybridized carbons (Fsp3) is 0.308. The molecule has 1 aliphatic carbocycles. The van der Waals surface area contributed by atoms with E-state index in [4.69, 9.17) is 5.53 Å². The molecule has 0 N–H and O–H groups in total. The molecule has 4 nitrogen and oxygen atoms in total. The summed E-state index contributed by atoms with van der Waals surface area (Å²) in [5.41, 5.74) is 11.7. The first kappa shape index (κ1) is 10.1. The van der Waals surface area contributed by atoms with Gasteiger partial charge in [-0.15, -0.1) is 0 Å². The molecule has 1 saturated carbocycles. The smallest absolute Gasteiger partial charge is 0.0702 e. The zero-order valence-corrected chi connectivity index (χ0v) is 9.37. The molecule has 0 spiro atoms. The molecule has 4 heteroatoms. The highest BCUT2D eigenvalue weighted by molar-refractivity contribution is 5.80. The van der Waals surface area contributed by atoms with Crippen molar-refractivity contribution in [3.05, 3.63) is 52.0 Å². The van der Waals surface area contributed by atoms with Crippen molar-refractivity contribution in [3.8, 4) is 0 Å². The van der Waals surface area contributed by atoms with E-state index in [1.54, 1.807) is 0 Å². The summed E-state index contributed by atoms with van der Waals surface area (Å²) in [7, 11) is 0. The lowest BCUT2D eigenvalue weighted by Gasteiger charge is -2.03. The van der Waals surface area contributed by atoms with E-state index in [0.717, 1.165) is 16.5 Å². The van der Waals surface area contributed by atoms with Crippen molar-refractivity contribution in [2.75, 3.05) is 0 Å². The molecule has 0 unspecified atom stereocenters. The number of pyridine rings is 1. The van der Waals surface area contributed by atoms with Gasteiger partial charge in [0.25, 0.3) is 0 Å². The van der Waals surface area contributed by atoms with Crippen LogP contribution in [0.3, 0.4) is 0 Å². The molecule has 0 aliphatic heterocycles. The van der Waals surface area contributed by atoms with Crippen molar-refractivity contribution in [1.82, 2.24) is 4.98 Å². The summed E-state index contributed by atoms with van der Waals surface area (Å²) in [5, 5.41) is 4.72. The highest BCUT2D eigenvalue weighted by Crippen LogP contribution is 2.40. The van der Waals surface area contributed by atoms with Crippen molar-refractivity contribution >= 4 is 10.9 Å². The number of hydrogen-bond donors (Lipinski definition) is 0. The molecular weight excluding hydrogens is 212 g/mol. The van der Waals surface area contributed by atoms with E-state index in [9.17, 15) is 0 Å². The Balaban J connectivity index is 2.02. The third-order valence-corrected chi connectivity index (χ3v) is 3.13. The molecule has 1 heterocycles. The van der Waals surface area contributed by atoms with Crippen LogP contribution < -0.4 is 0 Å². The summed E-state index contributed by atoms with van der Waals surface area (Å²) in [4.78, 5) is 7.24. The van der Waals surface area contributed by atoms with Crippen LogP contribution in [0.2, 0.25) is 0 Å². The Labute approximate surface area is 98.9 Å². The van der Waals surface area contributed by atoms with Gasteiger partial charge in [0.2, 0.25) is 0 Å². The van der Waals surface area contributed by atoms with E-state index in [-0.39, 0.29) is 0 Å². The Morgan fingerprint density at radius 3 is 3.00 bits per heavy atom. The zero-order valence-electron chi connectivity index (χ0n) is 9.37. The van der Waals surface area contributed by atoms with Crippen molar-refractivity contribution in [1.29, 1.82) is 0 Å². The molecule has 1 aromatic heterocycles. The van der Waals surface area contributed by atoms with E-state index in [2.05, 4.69) is 27.1 Å². The van der Waals surface area contributed by atoms with Gasteiger partial charge in [0.1, 0.15) is 0 Å². The van der Waals surface area contributed by atoms with Gasteiger partial charge in [0.05, 0.1) is 12.1 Å². The maximum absolute atomic E-state index is 8.31. The quantitative estimate of drug-likeness (QED) is 0.442. The fourth-order valence-electron chi connectivity index (χ4n) is 2.05. The van der Waals surface area contributed by atoms with Gasteiger partial charge in [-0.1, -0.05) is 11.2 Å². The molecule has 0 saturated heterocycles. The second-order valence-electron chi connectivity index (χ2n) is 4.46. The maximum atomic E-state index is 8.31. The van der Waals surface area contributed by atoms with Crippen LogP contribution in [0.1, 0.15) is 29.9 Å². The first-order chi connectivity index (χ1) is 8.36. The number of aromatic nitrogens is 1. The van der Waals surface area contributed by atoms with Crippen LogP contribution in [0.5, 0.6) is 0 Å². The summed E-state index contributed by atoms with van der Waals surface area (Å²) >= 11 is 0. The summed E-state index contributed by atoms with van der Waals surface area (Å²) in [6.45, 7) is 0.403. The Kier molecular flexibility index (Phi) is 2.42. The van der Waals surface area contributed by atoms with E-state index in [1.807, 2.05) is 18.3 Å². The van der Waals surface area contributed by atoms with Gasteiger partial charge in [-0.05, 0) is 53.6 Å². The van der Waals surface area contributed by atoms with Gasteiger partial charge < -0.3 is 0 Å². The maximum Gasteiger partial charge on any atom is 0.0702 e. The minimum absolute atomic E-state index is 0.403. The predicted molar refractivity (Wildman–Crippen MR) is 66.6 cm³/mol. The van der Waals surface area contributed by atoms with E-state index >= 15 is 0 Å². The van der Waals surface area contributed by atoms with Crippen LogP contribution in [-0.2, 0) is 6.54 Å². The lowest BCUT2D eigenvalue weighted by atomic mass is 10.1. The average molecular weight is 224 g/mol. The van der Waals surface area contributed by atoms with Crippen molar-refractivity contribution in [2.24, 2.45) is 5.11 Å². The molecule has 2 aromatic rings. The molecule has 0 radical (unpaired) electrons. The number of azide groups is 1. The lowest BCUT2D eigenvalue weighted by molar-refractivity contribution is 1.05. The number of fused-ring (bicyclic) bond motifs is 1. The standard InChI is InChI=1S/C13H12N4/c14-17-16-7-9-1-4-13-11(5-9)6-12(8-15-13)10-2-3-10/h1,4-6,8,10H,2-3,7H2. The van der Waals surface area contributed by atoms with Crippen LogP contribution in [0.4, 0.5) is 0 Å². The van der Waals surface area contributed by atoms with E-state index in [0.29, 0.717) is 12.5 Å². The molecule has 84 valence electrons. The molecule has 0 bridgehead atoms. The normalized spacial score (nSPS) is 14.6. The van der Waals surface area contributed by atoms with Gasteiger partial charge in [0, 0.05) is 16.5 Å². The monoisotopic (exact) mass is 224 g/mol.